The van der Waals surface area contributed by atoms with Crippen molar-refractivity contribution >= 4 is 44.4 Å². The molecular formula is C30H26N8O5S. The van der Waals surface area contributed by atoms with Gasteiger partial charge >= 0.3 is 6.09 Å². The number of thiazole rings is 1. The van der Waals surface area contributed by atoms with Crippen molar-refractivity contribution in [3.05, 3.63) is 66.0 Å². The number of pyridine rings is 1. The number of carbonyl (C=O) groups is 1. The van der Waals surface area contributed by atoms with Crippen molar-refractivity contribution in [1.29, 1.82) is 0 Å². The molecule has 2 aromatic carbocycles. The summed E-state index contributed by atoms with van der Waals surface area (Å²) in [6.07, 6.45) is 3.58. The lowest BCUT2D eigenvalue weighted by molar-refractivity contribution is 0.0383. The van der Waals surface area contributed by atoms with E-state index in [9.17, 15) is 4.79 Å². The number of ether oxygens (including phenoxy) is 4. The average molecular weight is 611 g/mol. The molecule has 1 atom stereocenters. The third-order valence-electron chi connectivity index (χ3n) is 6.93. The van der Waals surface area contributed by atoms with Crippen molar-refractivity contribution in [2.24, 2.45) is 0 Å². The van der Waals surface area contributed by atoms with Gasteiger partial charge in [-0.05, 0) is 62.2 Å². The second-order valence-corrected chi connectivity index (χ2v) is 11.2. The largest absolute Gasteiger partial charge is 0.484 e. The summed E-state index contributed by atoms with van der Waals surface area (Å²) in [6.45, 7) is 5.99. The fraction of sp³-hybridized carbons (Fsp3) is 0.233. The molecule has 7 rings (SSSR count). The van der Waals surface area contributed by atoms with Crippen LogP contribution in [0.1, 0.15) is 17.0 Å². The molecule has 1 aliphatic heterocycles. The molecule has 0 saturated heterocycles. The van der Waals surface area contributed by atoms with E-state index >= 15 is 0 Å². The number of hydrogen-bond donors (Lipinski definition) is 1. The van der Waals surface area contributed by atoms with Crippen molar-refractivity contribution in [2.75, 3.05) is 25.6 Å². The van der Waals surface area contributed by atoms with Gasteiger partial charge in [0.15, 0.2) is 23.4 Å². The molecular weight excluding hydrogens is 584 g/mol. The minimum Gasteiger partial charge on any atom is -0.484 e. The summed E-state index contributed by atoms with van der Waals surface area (Å²) in [4.78, 5) is 35.0. The Hall–Kier alpha value is -5.37. The number of hydrogen-bond acceptors (Lipinski definition) is 12. The number of carbonyl (C=O) groups excluding carboxylic acids is 1. The number of nitrogens with one attached hydrogen (secondary N) is 1. The van der Waals surface area contributed by atoms with Crippen molar-refractivity contribution in [1.82, 2.24) is 34.7 Å². The first-order chi connectivity index (χ1) is 21.3. The van der Waals surface area contributed by atoms with Gasteiger partial charge in [0.2, 0.25) is 5.88 Å². The standard InChI is InChI=1S/C30H26N8O5S/c1-15-7-20(26-21(8-15)35-24(40-4)11-32-26)29-36-25-16(2)9-22-27(28(25)44-29)41-12-19(43-22)13-42-30(39)34-18-5-6-23(31-10-18)38-14-33-17(3)37-38/h5-11,14,19H,12-13H2,1-4H3,(H,34,39). The second kappa shape index (κ2) is 11.0. The van der Waals surface area contributed by atoms with E-state index in [1.165, 1.54) is 17.5 Å². The van der Waals surface area contributed by atoms with E-state index in [4.69, 9.17) is 23.9 Å². The Bertz CT molecular complexity index is 2040. The fourth-order valence-corrected chi connectivity index (χ4v) is 6.03. The van der Waals surface area contributed by atoms with E-state index in [0.29, 0.717) is 34.7 Å². The summed E-state index contributed by atoms with van der Waals surface area (Å²) >= 11 is 1.51. The summed E-state index contributed by atoms with van der Waals surface area (Å²) in [6, 6.07) is 9.36. The number of aromatic nitrogens is 7. The predicted molar refractivity (Wildman–Crippen MR) is 163 cm³/mol. The Morgan fingerprint density at radius 3 is 2.75 bits per heavy atom. The molecule has 1 amide bonds. The van der Waals surface area contributed by atoms with Crippen molar-refractivity contribution in [2.45, 2.75) is 26.9 Å². The zero-order valence-electron chi connectivity index (χ0n) is 24.2. The van der Waals surface area contributed by atoms with Gasteiger partial charge in [-0.3, -0.25) is 5.32 Å². The second-order valence-electron chi connectivity index (χ2n) is 10.2. The number of rotatable bonds is 6. The number of fused-ring (bicyclic) bond motifs is 4. The van der Waals surface area contributed by atoms with E-state index in [0.717, 1.165) is 42.9 Å². The maximum atomic E-state index is 12.5. The van der Waals surface area contributed by atoms with Crippen LogP contribution in [0.2, 0.25) is 0 Å². The highest BCUT2D eigenvalue weighted by Gasteiger charge is 2.27. The third kappa shape index (κ3) is 5.19. The summed E-state index contributed by atoms with van der Waals surface area (Å²) in [5.41, 5.74) is 5.64. The minimum atomic E-state index is -0.629. The molecule has 0 saturated carbocycles. The lowest BCUT2D eigenvalue weighted by Crippen LogP contribution is -2.35. The first-order valence-corrected chi connectivity index (χ1v) is 14.5. The fourth-order valence-electron chi connectivity index (χ4n) is 4.88. The molecule has 0 spiro atoms. The maximum absolute atomic E-state index is 12.5. The smallest absolute Gasteiger partial charge is 0.411 e. The molecule has 0 radical (unpaired) electrons. The van der Waals surface area contributed by atoms with Crippen LogP contribution in [0.4, 0.5) is 10.5 Å². The molecule has 1 unspecified atom stereocenters. The van der Waals surface area contributed by atoms with Crippen molar-refractivity contribution in [3.8, 4) is 33.8 Å². The van der Waals surface area contributed by atoms with Crippen LogP contribution >= 0.6 is 11.3 Å². The van der Waals surface area contributed by atoms with Gasteiger partial charge in [-0.1, -0.05) is 0 Å². The Morgan fingerprint density at radius 2 is 1.98 bits per heavy atom. The number of benzene rings is 2. The van der Waals surface area contributed by atoms with Gasteiger partial charge in [-0.2, -0.15) is 5.10 Å². The highest BCUT2D eigenvalue weighted by Crippen LogP contribution is 2.46. The molecule has 0 fully saturated rings. The minimum absolute atomic E-state index is 0.00252. The van der Waals surface area contributed by atoms with E-state index in [2.05, 4.69) is 36.4 Å². The topological polar surface area (TPSA) is 148 Å². The quantitative estimate of drug-likeness (QED) is 0.265. The van der Waals surface area contributed by atoms with Gasteiger partial charge in [-0.15, -0.1) is 11.3 Å². The van der Waals surface area contributed by atoms with Crippen molar-refractivity contribution < 1.29 is 23.7 Å². The Kier molecular flexibility index (Phi) is 6.89. The molecule has 13 nitrogen and oxygen atoms in total. The molecule has 0 aliphatic carbocycles. The molecule has 44 heavy (non-hydrogen) atoms. The summed E-state index contributed by atoms with van der Waals surface area (Å²) in [5, 5.41) is 7.69. The first kappa shape index (κ1) is 27.5. The molecule has 1 aliphatic rings. The van der Waals surface area contributed by atoms with Crippen molar-refractivity contribution in [3.63, 3.8) is 0 Å². The highest BCUT2D eigenvalue weighted by molar-refractivity contribution is 7.22. The zero-order valence-corrected chi connectivity index (χ0v) is 25.0. The molecule has 1 N–H and O–H groups in total. The number of aryl methyl sites for hydroxylation is 3. The van der Waals surface area contributed by atoms with Crippen LogP contribution in [0, 0.1) is 20.8 Å². The lowest BCUT2D eigenvalue weighted by atomic mass is 10.1. The van der Waals surface area contributed by atoms with E-state index in [1.54, 1.807) is 43.4 Å². The SMILES string of the molecule is COc1cnc2c(-c3nc4c(C)cc5c(c4s3)OCC(COC(=O)Nc3ccc(-n4cnc(C)n4)nc3)O5)cc(C)cc2n1. The predicted octanol–water partition coefficient (Wildman–Crippen LogP) is 5.20. The van der Waals surface area contributed by atoms with Gasteiger partial charge in [0, 0.05) is 5.56 Å². The van der Waals surface area contributed by atoms with Crippen LogP contribution in [-0.4, -0.2) is 67.2 Å². The summed E-state index contributed by atoms with van der Waals surface area (Å²) in [7, 11) is 1.57. The lowest BCUT2D eigenvalue weighted by Gasteiger charge is -2.26. The van der Waals surface area contributed by atoms with Gasteiger partial charge < -0.3 is 18.9 Å². The third-order valence-corrected chi connectivity index (χ3v) is 8.02. The van der Waals surface area contributed by atoms with E-state index in [-0.39, 0.29) is 13.2 Å². The van der Waals surface area contributed by atoms with Crippen LogP contribution in [0.5, 0.6) is 17.4 Å². The molecule has 0 bridgehead atoms. The highest BCUT2D eigenvalue weighted by atomic mass is 32.1. The number of anilines is 1. The van der Waals surface area contributed by atoms with Crippen LogP contribution in [0.15, 0.2) is 49.1 Å². The van der Waals surface area contributed by atoms with Gasteiger partial charge in [-0.25, -0.2) is 34.4 Å². The molecule has 6 aromatic rings. The van der Waals surface area contributed by atoms with Gasteiger partial charge in [0.25, 0.3) is 0 Å². The first-order valence-electron chi connectivity index (χ1n) is 13.7. The monoisotopic (exact) mass is 610 g/mol. The Labute approximate surface area is 254 Å². The molecule has 5 heterocycles. The molecule has 4 aromatic heterocycles. The Morgan fingerprint density at radius 1 is 1.09 bits per heavy atom. The maximum Gasteiger partial charge on any atom is 0.411 e. The van der Waals surface area contributed by atoms with Crippen LogP contribution in [-0.2, 0) is 4.74 Å². The molecule has 14 heteroatoms. The summed E-state index contributed by atoms with van der Waals surface area (Å²) in [5.74, 6) is 2.86. The van der Waals surface area contributed by atoms with Gasteiger partial charge in [0.1, 0.15) is 35.1 Å². The molecule has 222 valence electrons. The zero-order chi connectivity index (χ0) is 30.4. The number of amides is 1. The van der Waals surface area contributed by atoms with E-state index < -0.39 is 12.2 Å². The van der Waals surface area contributed by atoms with Crippen LogP contribution < -0.4 is 19.5 Å². The summed E-state index contributed by atoms with van der Waals surface area (Å²) < 4.78 is 25.5. The Balaban J connectivity index is 1.05. The van der Waals surface area contributed by atoms with E-state index in [1.807, 2.05) is 26.0 Å². The van der Waals surface area contributed by atoms with Crippen LogP contribution in [0.3, 0.4) is 0 Å². The number of methoxy groups -OCH3 is 1. The normalized spacial score (nSPS) is 14.1. The number of nitrogens with zero attached hydrogens (tertiary/aromatic N) is 7. The van der Waals surface area contributed by atoms with Crippen LogP contribution in [0.25, 0.3) is 37.6 Å². The average Bonchev–Trinajstić information content (AvgIpc) is 3.67. The van der Waals surface area contributed by atoms with Gasteiger partial charge in [0.05, 0.1) is 41.7 Å².